The van der Waals surface area contributed by atoms with Crippen molar-refractivity contribution in [3.8, 4) is 0 Å². The van der Waals surface area contributed by atoms with Gasteiger partial charge in [0, 0.05) is 0 Å². The molecule has 0 unspecified atom stereocenters. The van der Waals surface area contributed by atoms with Gasteiger partial charge in [-0.3, -0.25) is 9.59 Å². The maximum atomic E-state index is 10.6. The van der Waals surface area contributed by atoms with E-state index in [9.17, 15) is 9.59 Å². The van der Waals surface area contributed by atoms with Crippen LogP contribution in [0.25, 0.3) is 0 Å². The van der Waals surface area contributed by atoms with Crippen LogP contribution in [0.3, 0.4) is 0 Å². The summed E-state index contributed by atoms with van der Waals surface area (Å²) in [5.41, 5.74) is 0. The van der Waals surface area contributed by atoms with E-state index in [1.54, 1.807) is 0 Å². The van der Waals surface area contributed by atoms with E-state index in [1.807, 2.05) is 0 Å². The second kappa shape index (κ2) is 1.82. The first-order valence-electron chi connectivity index (χ1n) is 2.20. The number of rotatable bonds is 0. The highest BCUT2D eigenvalue weighted by Gasteiger charge is 2.39. The fourth-order valence-corrected chi connectivity index (χ4v) is 0.808. The number of ketones is 2. The number of carbonyl (C=O) groups is 2. The summed E-state index contributed by atoms with van der Waals surface area (Å²) < 4.78 is -1.60. The number of allylic oxidation sites excluding steroid dienone is 2. The summed E-state index contributed by atoms with van der Waals surface area (Å²) in [6.07, 6.45) is 2.24. The van der Waals surface area contributed by atoms with Crippen molar-refractivity contribution in [2.75, 3.05) is 0 Å². The van der Waals surface area contributed by atoms with Crippen molar-refractivity contribution in [3.63, 3.8) is 0 Å². The van der Waals surface area contributed by atoms with E-state index in [2.05, 4.69) is 0 Å². The normalized spacial score (nSPS) is 23.3. The van der Waals surface area contributed by atoms with Gasteiger partial charge in [0.1, 0.15) is 0 Å². The van der Waals surface area contributed by atoms with Crippen molar-refractivity contribution in [1.29, 1.82) is 0 Å². The van der Waals surface area contributed by atoms with Crippen molar-refractivity contribution < 1.29 is 9.59 Å². The SMILES string of the molecule is O=C1C=CC(Cl)(Cl)C1=O. The third kappa shape index (κ3) is 1.00. The Bertz CT molecular complexity index is 205. The molecule has 0 spiro atoms. The van der Waals surface area contributed by atoms with Crippen LogP contribution in [0.4, 0.5) is 0 Å². The maximum absolute atomic E-state index is 10.6. The van der Waals surface area contributed by atoms with Crippen LogP contribution < -0.4 is 0 Å². The van der Waals surface area contributed by atoms with Crippen LogP contribution in [0, 0.1) is 0 Å². The van der Waals surface area contributed by atoms with Crippen LogP contribution in [0.15, 0.2) is 12.2 Å². The van der Waals surface area contributed by atoms with Crippen molar-refractivity contribution >= 4 is 34.8 Å². The lowest BCUT2D eigenvalue weighted by molar-refractivity contribution is -0.132. The molecule has 1 rings (SSSR count). The molecule has 0 N–H and O–H groups in total. The lowest BCUT2D eigenvalue weighted by Gasteiger charge is -2.02. The van der Waals surface area contributed by atoms with Gasteiger partial charge in [0.15, 0.2) is 0 Å². The molecule has 0 heterocycles. The Morgan fingerprint density at radius 1 is 1.33 bits per heavy atom. The monoisotopic (exact) mass is 164 g/mol. The molecule has 0 aromatic heterocycles. The van der Waals surface area contributed by atoms with E-state index in [1.165, 1.54) is 6.08 Å². The van der Waals surface area contributed by atoms with E-state index >= 15 is 0 Å². The summed E-state index contributed by atoms with van der Waals surface area (Å²) in [4.78, 5) is 20.9. The minimum absolute atomic E-state index is 0.639. The number of Topliss-reactive ketones (excluding diaryl/α,β-unsaturated/α-hetero) is 1. The third-order valence-corrected chi connectivity index (χ3v) is 1.57. The first-order chi connectivity index (χ1) is 4.04. The van der Waals surface area contributed by atoms with E-state index in [0.717, 1.165) is 6.08 Å². The first-order valence-corrected chi connectivity index (χ1v) is 2.95. The molecule has 0 radical (unpaired) electrons. The first kappa shape index (κ1) is 6.78. The Kier molecular flexibility index (Phi) is 1.37. The summed E-state index contributed by atoms with van der Waals surface area (Å²) in [6, 6.07) is 0. The van der Waals surface area contributed by atoms with Gasteiger partial charge in [-0.2, -0.15) is 0 Å². The van der Waals surface area contributed by atoms with Crippen LogP contribution in [-0.4, -0.2) is 15.9 Å². The molecule has 0 aromatic carbocycles. The molecule has 4 heteroatoms. The molecule has 0 aliphatic heterocycles. The Balaban J connectivity index is 3.00. The summed E-state index contributed by atoms with van der Waals surface area (Å²) >= 11 is 10.6. The predicted octanol–water partition coefficient (Wildman–Crippen LogP) is 0.868. The highest BCUT2D eigenvalue weighted by Crippen LogP contribution is 2.28. The number of halogens is 2. The van der Waals surface area contributed by atoms with Gasteiger partial charge in [0.2, 0.25) is 15.9 Å². The van der Waals surface area contributed by atoms with Gasteiger partial charge in [-0.1, -0.05) is 23.2 Å². The predicted molar refractivity (Wildman–Crippen MR) is 33.6 cm³/mol. The van der Waals surface area contributed by atoms with Gasteiger partial charge in [-0.05, 0) is 12.2 Å². The topological polar surface area (TPSA) is 34.1 Å². The van der Waals surface area contributed by atoms with Gasteiger partial charge < -0.3 is 0 Å². The number of hydrogen-bond donors (Lipinski definition) is 0. The molecule has 0 amide bonds. The third-order valence-electron chi connectivity index (χ3n) is 0.971. The molecule has 2 nitrogen and oxygen atoms in total. The Morgan fingerprint density at radius 3 is 2.00 bits per heavy atom. The standard InChI is InChI=1S/C5H2Cl2O2/c6-5(7)2-1-3(8)4(5)9/h1-2H. The lowest BCUT2D eigenvalue weighted by atomic mass is 10.3. The lowest BCUT2D eigenvalue weighted by Crippen LogP contribution is -2.23. The minimum Gasteiger partial charge on any atom is -0.287 e. The van der Waals surface area contributed by atoms with Gasteiger partial charge >= 0.3 is 0 Å². The largest absolute Gasteiger partial charge is 0.287 e. The second-order valence-electron chi connectivity index (χ2n) is 1.65. The zero-order valence-electron chi connectivity index (χ0n) is 4.23. The van der Waals surface area contributed by atoms with Crippen molar-refractivity contribution in [2.24, 2.45) is 0 Å². The molecule has 1 aliphatic carbocycles. The smallest absolute Gasteiger partial charge is 0.242 e. The summed E-state index contributed by atoms with van der Waals surface area (Å²) in [6.45, 7) is 0. The number of carbonyl (C=O) groups excluding carboxylic acids is 2. The van der Waals surface area contributed by atoms with Gasteiger partial charge in [0.05, 0.1) is 0 Å². The van der Waals surface area contributed by atoms with Crippen LogP contribution in [0.2, 0.25) is 0 Å². The highest BCUT2D eigenvalue weighted by atomic mass is 35.5. The quantitative estimate of drug-likeness (QED) is 0.394. The van der Waals surface area contributed by atoms with Crippen molar-refractivity contribution in [1.82, 2.24) is 0 Å². The average Bonchev–Trinajstić information content (AvgIpc) is 1.97. The Hall–Kier alpha value is -0.340. The zero-order valence-corrected chi connectivity index (χ0v) is 5.74. The van der Waals surface area contributed by atoms with Crippen molar-refractivity contribution in [3.05, 3.63) is 12.2 Å². The van der Waals surface area contributed by atoms with Crippen molar-refractivity contribution in [2.45, 2.75) is 4.33 Å². The Labute approximate surface area is 61.4 Å². The molecule has 9 heavy (non-hydrogen) atoms. The molecule has 0 bridgehead atoms. The van der Waals surface area contributed by atoms with E-state index < -0.39 is 15.9 Å². The fraction of sp³-hybridized carbons (Fsp3) is 0.200. The van der Waals surface area contributed by atoms with E-state index in [4.69, 9.17) is 23.2 Å². The van der Waals surface area contributed by atoms with Crippen LogP contribution in [0.1, 0.15) is 0 Å². The summed E-state index contributed by atoms with van der Waals surface area (Å²) in [5, 5.41) is 0. The fourth-order valence-electron chi connectivity index (χ4n) is 0.496. The number of alkyl halides is 2. The molecular weight excluding hydrogens is 163 g/mol. The number of hydrogen-bond acceptors (Lipinski definition) is 2. The maximum Gasteiger partial charge on any atom is 0.242 e. The van der Waals surface area contributed by atoms with Crippen LogP contribution >= 0.6 is 23.2 Å². The summed E-state index contributed by atoms with van der Waals surface area (Å²) in [7, 11) is 0. The molecule has 48 valence electrons. The zero-order chi connectivity index (χ0) is 7.07. The highest BCUT2D eigenvalue weighted by molar-refractivity contribution is 6.71. The molecule has 0 atom stereocenters. The van der Waals surface area contributed by atoms with E-state index in [-0.39, 0.29) is 0 Å². The van der Waals surface area contributed by atoms with Crippen LogP contribution in [0.5, 0.6) is 0 Å². The minimum atomic E-state index is -1.60. The molecule has 0 saturated carbocycles. The molecular formula is C5H2Cl2O2. The van der Waals surface area contributed by atoms with Crippen LogP contribution in [-0.2, 0) is 9.59 Å². The molecule has 1 aliphatic rings. The summed E-state index contributed by atoms with van der Waals surface area (Å²) in [5.74, 6) is -1.41. The average molecular weight is 165 g/mol. The van der Waals surface area contributed by atoms with E-state index in [0.29, 0.717) is 0 Å². The van der Waals surface area contributed by atoms with Gasteiger partial charge in [-0.15, -0.1) is 0 Å². The van der Waals surface area contributed by atoms with Gasteiger partial charge in [0.25, 0.3) is 0 Å². The molecule has 0 aromatic rings. The molecule has 0 saturated heterocycles. The molecule has 0 fully saturated rings. The van der Waals surface area contributed by atoms with Gasteiger partial charge in [-0.25, -0.2) is 0 Å². The Morgan fingerprint density at radius 2 is 1.89 bits per heavy atom. The second-order valence-corrected chi connectivity index (χ2v) is 3.04.